The lowest BCUT2D eigenvalue weighted by Gasteiger charge is -2.32. The van der Waals surface area contributed by atoms with Crippen LogP contribution < -0.4 is 5.46 Å². The number of fused-ring (bicyclic) bond motifs is 1. The standard InChI is InChI=1S/C16H19BO3/c1-15(2)16(3,4)20-17(19-15)14-12-8-6-5-7-11(12)9-10-13(14)18/h5-10,18H,1-4H3/i5D,6D,7D,8D,9D,10D. The van der Waals surface area contributed by atoms with Gasteiger partial charge in [0.2, 0.25) is 0 Å². The fourth-order valence-corrected chi connectivity index (χ4v) is 2.11. The Kier molecular flexibility index (Phi) is 1.71. The van der Waals surface area contributed by atoms with Gasteiger partial charge in [-0.1, -0.05) is 30.2 Å². The number of rotatable bonds is 1. The summed E-state index contributed by atoms with van der Waals surface area (Å²) in [5.74, 6) is -0.578. The predicted octanol–water partition coefficient (Wildman–Crippen LogP) is 2.84. The monoisotopic (exact) mass is 276 g/mol. The summed E-state index contributed by atoms with van der Waals surface area (Å²) < 4.78 is 60.0. The highest BCUT2D eigenvalue weighted by Crippen LogP contribution is 2.37. The maximum absolute atomic E-state index is 10.5. The van der Waals surface area contributed by atoms with Crippen LogP contribution in [0.5, 0.6) is 5.75 Å². The van der Waals surface area contributed by atoms with Gasteiger partial charge < -0.3 is 14.4 Å². The van der Waals surface area contributed by atoms with Crippen molar-refractivity contribution in [1.29, 1.82) is 0 Å². The quantitative estimate of drug-likeness (QED) is 0.814. The van der Waals surface area contributed by atoms with E-state index < -0.39 is 60.3 Å². The van der Waals surface area contributed by atoms with Gasteiger partial charge in [-0.05, 0) is 44.5 Å². The molecule has 1 saturated heterocycles. The molecule has 3 nitrogen and oxygen atoms in total. The zero-order valence-electron chi connectivity index (χ0n) is 17.8. The van der Waals surface area contributed by atoms with E-state index in [1.165, 1.54) is 0 Å². The molecule has 20 heavy (non-hydrogen) atoms. The number of phenolic OH excluding ortho intramolecular Hbond substituents is 1. The molecule has 1 fully saturated rings. The molecule has 1 heterocycles. The Hall–Kier alpha value is -1.52. The van der Waals surface area contributed by atoms with Gasteiger partial charge in [-0.15, -0.1) is 0 Å². The maximum atomic E-state index is 10.5. The molecule has 0 bridgehead atoms. The van der Waals surface area contributed by atoms with Crippen molar-refractivity contribution in [2.45, 2.75) is 38.9 Å². The van der Waals surface area contributed by atoms with Crippen molar-refractivity contribution in [2.75, 3.05) is 0 Å². The van der Waals surface area contributed by atoms with Gasteiger partial charge >= 0.3 is 7.12 Å². The molecule has 0 unspecified atom stereocenters. The van der Waals surface area contributed by atoms with Crippen LogP contribution in [-0.2, 0) is 9.31 Å². The summed E-state index contributed by atoms with van der Waals surface area (Å²) in [6.45, 7) is 7.23. The van der Waals surface area contributed by atoms with Crippen molar-refractivity contribution in [3.05, 3.63) is 36.3 Å². The first kappa shape index (κ1) is 8.06. The molecule has 1 aliphatic rings. The first-order valence-electron chi connectivity index (χ1n) is 9.39. The van der Waals surface area contributed by atoms with Crippen molar-refractivity contribution >= 4 is 23.4 Å². The molecule has 2 aromatic carbocycles. The molecule has 1 aliphatic heterocycles. The van der Waals surface area contributed by atoms with Gasteiger partial charge in [0.1, 0.15) is 5.75 Å². The van der Waals surface area contributed by atoms with Gasteiger partial charge in [0, 0.05) is 5.46 Å². The van der Waals surface area contributed by atoms with Crippen molar-refractivity contribution in [1.82, 2.24) is 0 Å². The Morgan fingerprint density at radius 3 is 2.25 bits per heavy atom. The van der Waals surface area contributed by atoms with Crippen molar-refractivity contribution in [3.63, 3.8) is 0 Å². The van der Waals surface area contributed by atoms with Crippen LogP contribution in [0.1, 0.15) is 35.9 Å². The molecular weight excluding hydrogens is 251 g/mol. The van der Waals surface area contributed by atoms with Crippen LogP contribution >= 0.6 is 0 Å². The molecule has 0 atom stereocenters. The van der Waals surface area contributed by atoms with E-state index in [0.717, 1.165) is 0 Å². The van der Waals surface area contributed by atoms with Gasteiger partial charge in [0.05, 0.1) is 19.4 Å². The molecule has 0 radical (unpaired) electrons. The lowest BCUT2D eigenvalue weighted by atomic mass is 9.75. The van der Waals surface area contributed by atoms with Crippen molar-refractivity contribution in [2.24, 2.45) is 0 Å². The lowest BCUT2D eigenvalue weighted by molar-refractivity contribution is 0.00578. The van der Waals surface area contributed by atoms with Crippen LogP contribution in [0.25, 0.3) is 10.8 Å². The molecule has 0 aromatic heterocycles. The highest BCUT2D eigenvalue weighted by molar-refractivity contribution is 6.66. The minimum absolute atomic E-state index is 0.0494. The number of hydrogen-bond donors (Lipinski definition) is 1. The molecule has 0 spiro atoms. The minimum Gasteiger partial charge on any atom is -0.508 e. The summed E-state index contributed by atoms with van der Waals surface area (Å²) >= 11 is 0. The van der Waals surface area contributed by atoms with E-state index in [9.17, 15) is 5.11 Å². The normalized spacial score (nSPS) is 24.7. The molecule has 4 heteroatoms. The first-order chi connectivity index (χ1) is 11.8. The van der Waals surface area contributed by atoms with E-state index in [2.05, 4.69) is 0 Å². The zero-order chi connectivity index (χ0) is 19.8. The lowest BCUT2D eigenvalue weighted by Crippen LogP contribution is -2.41. The average Bonchev–Trinajstić information content (AvgIpc) is 2.75. The Balaban J connectivity index is 2.44. The fraction of sp³-hybridized carbons (Fsp3) is 0.375. The molecular formula is C16H19BO3. The molecule has 1 N–H and O–H groups in total. The van der Waals surface area contributed by atoms with Crippen LogP contribution in [0, 0.1) is 0 Å². The van der Waals surface area contributed by atoms with Crippen molar-refractivity contribution in [3.8, 4) is 5.75 Å². The van der Waals surface area contributed by atoms with Crippen LogP contribution in [0.15, 0.2) is 36.3 Å². The molecule has 2 aromatic rings. The molecule has 0 aliphatic carbocycles. The Morgan fingerprint density at radius 2 is 1.60 bits per heavy atom. The summed E-state index contributed by atoms with van der Waals surface area (Å²) in [5.41, 5.74) is -1.54. The summed E-state index contributed by atoms with van der Waals surface area (Å²) in [6, 6.07) is -2.83. The minimum atomic E-state index is -1.13. The largest absolute Gasteiger partial charge is 0.508 e. The third-order valence-corrected chi connectivity index (χ3v) is 4.01. The Morgan fingerprint density at radius 1 is 1.00 bits per heavy atom. The van der Waals surface area contributed by atoms with E-state index in [1.54, 1.807) is 0 Å². The summed E-state index contributed by atoms with van der Waals surface area (Å²) in [6.07, 6.45) is 0. The highest BCUT2D eigenvalue weighted by atomic mass is 16.7. The highest BCUT2D eigenvalue weighted by Gasteiger charge is 2.52. The average molecular weight is 276 g/mol. The van der Waals surface area contributed by atoms with E-state index in [4.69, 9.17) is 17.5 Å². The van der Waals surface area contributed by atoms with Crippen LogP contribution in [0.4, 0.5) is 0 Å². The number of hydrogen-bond acceptors (Lipinski definition) is 3. The smallest absolute Gasteiger partial charge is 0.499 e. The Labute approximate surface area is 128 Å². The predicted molar refractivity (Wildman–Crippen MR) is 81.3 cm³/mol. The van der Waals surface area contributed by atoms with Gasteiger partial charge in [-0.2, -0.15) is 0 Å². The molecule has 104 valence electrons. The second-order valence-corrected chi connectivity index (χ2v) is 5.85. The second kappa shape index (κ2) is 4.24. The SMILES string of the molecule is [2H]c1c([2H])c([2H])c2c(B3OC(C)(C)C(C)(C)O3)c(O)c([2H])c([2H])c2c1[2H]. The summed E-state index contributed by atoms with van der Waals surface area (Å²) in [7, 11) is -1.13. The van der Waals surface area contributed by atoms with E-state index in [-0.39, 0.29) is 16.2 Å². The number of phenols is 1. The molecule has 0 saturated carbocycles. The van der Waals surface area contributed by atoms with E-state index >= 15 is 0 Å². The molecule has 3 rings (SSSR count). The fourth-order valence-electron chi connectivity index (χ4n) is 2.11. The third kappa shape index (κ3) is 1.91. The maximum Gasteiger partial charge on any atom is 0.499 e. The van der Waals surface area contributed by atoms with Crippen molar-refractivity contribution < 1.29 is 22.6 Å². The van der Waals surface area contributed by atoms with E-state index in [0.29, 0.717) is 0 Å². The van der Waals surface area contributed by atoms with Crippen LogP contribution in [0.2, 0.25) is 0 Å². The van der Waals surface area contributed by atoms with Gasteiger partial charge in [0.25, 0.3) is 0 Å². The summed E-state index contributed by atoms with van der Waals surface area (Å²) in [5, 5.41) is 10.3. The van der Waals surface area contributed by atoms with Crippen LogP contribution in [0.3, 0.4) is 0 Å². The third-order valence-electron chi connectivity index (χ3n) is 4.01. The van der Waals surface area contributed by atoms with Gasteiger partial charge in [-0.3, -0.25) is 0 Å². The first-order valence-corrected chi connectivity index (χ1v) is 6.39. The summed E-state index contributed by atoms with van der Waals surface area (Å²) in [4.78, 5) is 0. The Bertz CT molecular complexity index is 920. The molecule has 0 amide bonds. The topological polar surface area (TPSA) is 38.7 Å². The van der Waals surface area contributed by atoms with Crippen LogP contribution in [-0.4, -0.2) is 23.4 Å². The second-order valence-electron chi connectivity index (χ2n) is 5.85. The van der Waals surface area contributed by atoms with E-state index in [1.807, 2.05) is 27.7 Å². The zero-order valence-corrected chi connectivity index (χ0v) is 11.8. The van der Waals surface area contributed by atoms with Gasteiger partial charge in [0.15, 0.2) is 0 Å². The number of benzene rings is 2. The number of aromatic hydroxyl groups is 1. The van der Waals surface area contributed by atoms with Gasteiger partial charge in [-0.25, -0.2) is 0 Å².